The first kappa shape index (κ1) is 16.2. The number of hydrogen-bond donors (Lipinski definition) is 0. The molecule has 122 valence electrons. The van der Waals surface area contributed by atoms with E-state index in [0.717, 1.165) is 20.0 Å². The lowest BCUT2D eigenvalue weighted by molar-refractivity contribution is 0.0961. The third-order valence-corrected chi connectivity index (χ3v) is 4.93. The van der Waals surface area contributed by atoms with Gasteiger partial charge < -0.3 is 0 Å². The molecule has 2 aromatic heterocycles. The Morgan fingerprint density at radius 1 is 1.12 bits per heavy atom. The number of pyridine rings is 1. The summed E-state index contributed by atoms with van der Waals surface area (Å²) in [6.45, 7) is 0. The quantitative estimate of drug-likeness (QED) is 0.394. The summed E-state index contributed by atoms with van der Waals surface area (Å²) in [6, 6.07) is 15.4. The summed E-state index contributed by atoms with van der Waals surface area (Å²) in [5.74, 6) is -0.228. The number of aromatic nitrogens is 3. The Kier molecular flexibility index (Phi) is 4.27. The molecular weight excluding hydrogens is 449 g/mol. The van der Waals surface area contributed by atoms with Crippen LogP contribution < -0.4 is 0 Å². The highest BCUT2D eigenvalue weighted by Gasteiger charge is 2.21. The van der Waals surface area contributed by atoms with Gasteiger partial charge in [0, 0.05) is 26.9 Å². The van der Waals surface area contributed by atoms with E-state index in [-0.39, 0.29) is 5.91 Å². The largest absolute Gasteiger partial charge is 0.272 e. The van der Waals surface area contributed by atoms with Gasteiger partial charge in [0.15, 0.2) is 0 Å². The zero-order valence-electron chi connectivity index (χ0n) is 12.9. The van der Waals surface area contributed by atoms with Gasteiger partial charge in [-0.3, -0.25) is 9.36 Å². The van der Waals surface area contributed by atoms with Crippen molar-refractivity contribution in [2.75, 3.05) is 0 Å². The lowest BCUT2D eigenvalue weighted by atomic mass is 10.0. The molecule has 0 saturated carbocycles. The second kappa shape index (κ2) is 6.57. The molecule has 0 aliphatic rings. The molecule has 0 unspecified atom stereocenters. The molecule has 0 atom stereocenters. The van der Waals surface area contributed by atoms with E-state index in [1.54, 1.807) is 12.4 Å². The predicted molar refractivity (Wildman–Crippen MR) is 107 cm³/mol. The third kappa shape index (κ3) is 2.94. The number of halogens is 2. The molecule has 0 aliphatic carbocycles. The molecule has 0 radical (unpaired) electrons. The van der Waals surface area contributed by atoms with Crippen molar-refractivity contribution in [3.05, 3.63) is 81.4 Å². The van der Waals surface area contributed by atoms with Gasteiger partial charge in [0.2, 0.25) is 0 Å². The summed E-state index contributed by atoms with van der Waals surface area (Å²) >= 11 is 8.88. The third-order valence-electron chi connectivity index (χ3n) is 3.89. The van der Waals surface area contributed by atoms with Crippen LogP contribution in [0.5, 0.6) is 0 Å². The first-order valence-electron chi connectivity index (χ1n) is 7.52. The van der Waals surface area contributed by atoms with Crippen molar-refractivity contribution in [2.24, 2.45) is 0 Å². The van der Waals surface area contributed by atoms with Crippen LogP contribution in [0, 0.1) is 3.57 Å². The highest BCUT2D eigenvalue weighted by Crippen LogP contribution is 2.35. The Labute approximate surface area is 162 Å². The van der Waals surface area contributed by atoms with Crippen LogP contribution in [-0.2, 0) is 0 Å². The fourth-order valence-corrected chi connectivity index (χ4v) is 3.54. The van der Waals surface area contributed by atoms with Gasteiger partial charge in [0.05, 0.1) is 21.8 Å². The summed E-state index contributed by atoms with van der Waals surface area (Å²) < 4.78 is 2.44. The van der Waals surface area contributed by atoms with Crippen LogP contribution in [0.1, 0.15) is 10.4 Å². The van der Waals surface area contributed by atoms with Crippen molar-refractivity contribution >= 4 is 51.0 Å². The summed E-state index contributed by atoms with van der Waals surface area (Å²) in [5.41, 5.74) is 2.63. The summed E-state index contributed by atoms with van der Waals surface area (Å²) in [5, 5.41) is 1.08. The van der Waals surface area contributed by atoms with Crippen molar-refractivity contribution in [1.29, 1.82) is 0 Å². The number of carbonyl (C=O) groups is 1. The second-order valence-corrected chi connectivity index (χ2v) is 7.08. The number of fused-ring (bicyclic) bond motifs is 1. The average Bonchev–Trinajstić information content (AvgIpc) is 3.16. The molecule has 4 rings (SSSR count). The van der Waals surface area contributed by atoms with Crippen molar-refractivity contribution in [3.63, 3.8) is 0 Å². The van der Waals surface area contributed by atoms with Gasteiger partial charge in [-0.2, -0.15) is 0 Å². The van der Waals surface area contributed by atoms with Gasteiger partial charge in [-0.05, 0) is 40.8 Å². The smallest absolute Gasteiger partial charge is 0.265 e. The molecule has 0 fully saturated rings. The fourth-order valence-electron chi connectivity index (χ4n) is 2.72. The Balaban J connectivity index is 2.06. The van der Waals surface area contributed by atoms with E-state index in [1.165, 1.54) is 10.9 Å². The standard InChI is InChI=1S/C19H11ClIN3O/c20-17-16(19(25)24-9-8-22-11-24)14-10-13(21)6-7-15(14)23-18(17)12-4-2-1-3-5-12/h1-11H. The van der Waals surface area contributed by atoms with Gasteiger partial charge in [-0.25, -0.2) is 9.97 Å². The SMILES string of the molecule is O=C(c1c(Cl)c(-c2ccccc2)nc2ccc(I)cc12)n1ccnc1. The van der Waals surface area contributed by atoms with Crippen LogP contribution >= 0.6 is 34.2 Å². The summed E-state index contributed by atoms with van der Waals surface area (Å²) in [7, 11) is 0. The Bertz CT molecular complexity index is 1080. The minimum atomic E-state index is -0.228. The minimum absolute atomic E-state index is 0.228. The predicted octanol–water partition coefficient (Wildman–Crippen LogP) is 5.04. The number of rotatable bonds is 2. The number of benzene rings is 2. The second-order valence-electron chi connectivity index (χ2n) is 5.45. The number of hydrogen-bond acceptors (Lipinski definition) is 3. The van der Waals surface area contributed by atoms with Gasteiger partial charge in [-0.1, -0.05) is 41.9 Å². The first-order valence-corrected chi connectivity index (χ1v) is 8.97. The van der Waals surface area contributed by atoms with E-state index in [2.05, 4.69) is 27.6 Å². The number of imidazole rings is 1. The summed E-state index contributed by atoms with van der Waals surface area (Å²) in [4.78, 5) is 21.7. The maximum atomic E-state index is 13.0. The van der Waals surface area contributed by atoms with Crippen LogP contribution in [0.15, 0.2) is 67.3 Å². The van der Waals surface area contributed by atoms with Crippen molar-refractivity contribution in [2.45, 2.75) is 0 Å². The molecule has 0 bridgehead atoms. The van der Waals surface area contributed by atoms with E-state index in [0.29, 0.717) is 16.3 Å². The minimum Gasteiger partial charge on any atom is -0.272 e. The Morgan fingerprint density at radius 3 is 2.64 bits per heavy atom. The highest BCUT2D eigenvalue weighted by molar-refractivity contribution is 14.1. The molecular formula is C19H11ClIN3O. The molecule has 0 spiro atoms. The number of carbonyl (C=O) groups excluding carboxylic acids is 1. The summed E-state index contributed by atoms with van der Waals surface area (Å²) in [6.07, 6.45) is 4.65. The Hall–Kier alpha value is -2.25. The lowest BCUT2D eigenvalue weighted by Gasteiger charge is -2.13. The topological polar surface area (TPSA) is 47.8 Å². The molecule has 0 N–H and O–H groups in total. The molecule has 4 aromatic rings. The van der Waals surface area contributed by atoms with E-state index >= 15 is 0 Å². The van der Waals surface area contributed by atoms with Crippen LogP contribution in [0.25, 0.3) is 22.2 Å². The number of nitrogens with zero attached hydrogens (tertiary/aromatic N) is 3. The van der Waals surface area contributed by atoms with E-state index in [1.807, 2.05) is 48.5 Å². The molecule has 4 nitrogen and oxygen atoms in total. The van der Waals surface area contributed by atoms with Gasteiger partial charge >= 0.3 is 0 Å². The van der Waals surface area contributed by atoms with Gasteiger partial charge in [0.25, 0.3) is 5.91 Å². The molecule has 2 heterocycles. The molecule has 25 heavy (non-hydrogen) atoms. The van der Waals surface area contributed by atoms with E-state index in [9.17, 15) is 4.79 Å². The Morgan fingerprint density at radius 2 is 1.92 bits per heavy atom. The molecule has 2 aromatic carbocycles. The zero-order chi connectivity index (χ0) is 17.4. The van der Waals surface area contributed by atoms with Crippen LogP contribution in [-0.4, -0.2) is 20.4 Å². The van der Waals surface area contributed by atoms with Gasteiger partial charge in [-0.15, -0.1) is 0 Å². The highest BCUT2D eigenvalue weighted by atomic mass is 127. The van der Waals surface area contributed by atoms with Crippen LogP contribution in [0.4, 0.5) is 0 Å². The van der Waals surface area contributed by atoms with Crippen molar-refractivity contribution in [3.8, 4) is 11.3 Å². The van der Waals surface area contributed by atoms with Crippen LogP contribution in [0.2, 0.25) is 5.02 Å². The average molecular weight is 460 g/mol. The van der Waals surface area contributed by atoms with Crippen molar-refractivity contribution < 1.29 is 4.79 Å². The monoisotopic (exact) mass is 459 g/mol. The molecule has 6 heteroatoms. The maximum Gasteiger partial charge on any atom is 0.265 e. The van der Waals surface area contributed by atoms with E-state index < -0.39 is 0 Å². The molecule has 0 amide bonds. The zero-order valence-corrected chi connectivity index (χ0v) is 15.8. The maximum absolute atomic E-state index is 13.0. The molecule has 0 aliphatic heterocycles. The van der Waals surface area contributed by atoms with Crippen molar-refractivity contribution in [1.82, 2.24) is 14.5 Å². The van der Waals surface area contributed by atoms with Crippen LogP contribution in [0.3, 0.4) is 0 Å². The normalized spacial score (nSPS) is 11.0. The first-order chi connectivity index (χ1) is 12.1. The van der Waals surface area contributed by atoms with Gasteiger partial charge in [0.1, 0.15) is 6.33 Å². The van der Waals surface area contributed by atoms with E-state index in [4.69, 9.17) is 16.6 Å². The molecule has 0 saturated heterocycles. The fraction of sp³-hybridized carbons (Fsp3) is 0. The lowest BCUT2D eigenvalue weighted by Crippen LogP contribution is -2.12.